The van der Waals surface area contributed by atoms with Crippen molar-refractivity contribution in [3.63, 3.8) is 0 Å². The lowest BCUT2D eigenvalue weighted by Gasteiger charge is -1.99. The highest BCUT2D eigenvalue weighted by Crippen LogP contribution is 2.11. The van der Waals surface area contributed by atoms with Gasteiger partial charge >= 0.3 is 6.01 Å². The van der Waals surface area contributed by atoms with Gasteiger partial charge in [0.05, 0.1) is 7.11 Å². The molecule has 0 unspecified atom stereocenters. The lowest BCUT2D eigenvalue weighted by atomic mass is 10.3. The number of hydrogen-bond donors (Lipinski definition) is 0. The van der Waals surface area contributed by atoms with Crippen LogP contribution in [-0.4, -0.2) is 22.1 Å². The molecule has 2 aromatic heterocycles. The summed E-state index contributed by atoms with van der Waals surface area (Å²) >= 11 is 0. The van der Waals surface area contributed by atoms with Crippen molar-refractivity contribution < 1.29 is 4.74 Å². The minimum absolute atomic E-state index is 0.352. The van der Waals surface area contributed by atoms with Gasteiger partial charge in [-0.15, -0.1) is 0 Å². The molecule has 4 nitrogen and oxygen atoms in total. The zero-order chi connectivity index (χ0) is 9.26. The number of ether oxygens (including phenoxy) is 1. The molecule has 0 saturated carbocycles. The molecule has 0 fully saturated rings. The van der Waals surface area contributed by atoms with Crippen LogP contribution in [0, 0.1) is 6.92 Å². The van der Waals surface area contributed by atoms with Crippen molar-refractivity contribution in [2.45, 2.75) is 6.92 Å². The van der Waals surface area contributed by atoms with Crippen LogP contribution >= 0.6 is 0 Å². The van der Waals surface area contributed by atoms with Gasteiger partial charge in [-0.25, -0.2) is 9.97 Å². The van der Waals surface area contributed by atoms with E-state index >= 15 is 0 Å². The Balaban J connectivity index is 2.68. The summed E-state index contributed by atoms with van der Waals surface area (Å²) in [7, 11) is 1.54. The number of aromatic nitrogens is 3. The molecule has 2 aromatic rings. The number of fused-ring (bicyclic) bond motifs is 1. The molecule has 0 aliphatic heterocycles. The standard InChI is InChI=1S/C9H9N3O/c1-6-3-4-7-5-10-9(13-2)12-8(7)11-6/h3-5H,1-2H3. The molecule has 0 atom stereocenters. The van der Waals surface area contributed by atoms with E-state index in [9.17, 15) is 0 Å². The van der Waals surface area contributed by atoms with Crippen LogP contribution in [0.1, 0.15) is 5.69 Å². The fourth-order valence-electron chi connectivity index (χ4n) is 1.09. The zero-order valence-corrected chi connectivity index (χ0v) is 7.48. The van der Waals surface area contributed by atoms with Crippen molar-refractivity contribution in [1.29, 1.82) is 0 Å². The highest BCUT2D eigenvalue weighted by Gasteiger charge is 1.99. The maximum Gasteiger partial charge on any atom is 0.318 e. The van der Waals surface area contributed by atoms with Gasteiger partial charge in [-0.3, -0.25) is 0 Å². The predicted octanol–water partition coefficient (Wildman–Crippen LogP) is 1.34. The van der Waals surface area contributed by atoms with Crippen molar-refractivity contribution >= 4 is 11.0 Å². The molecule has 0 saturated heterocycles. The Morgan fingerprint density at radius 1 is 1.23 bits per heavy atom. The number of methoxy groups -OCH3 is 1. The Morgan fingerprint density at radius 3 is 2.85 bits per heavy atom. The van der Waals surface area contributed by atoms with Crippen LogP contribution in [0.2, 0.25) is 0 Å². The van der Waals surface area contributed by atoms with Crippen molar-refractivity contribution in [3.05, 3.63) is 24.0 Å². The van der Waals surface area contributed by atoms with Gasteiger partial charge in [-0.2, -0.15) is 4.98 Å². The third kappa shape index (κ3) is 1.42. The molecule has 4 heteroatoms. The topological polar surface area (TPSA) is 47.9 Å². The quantitative estimate of drug-likeness (QED) is 0.656. The van der Waals surface area contributed by atoms with Gasteiger partial charge in [-0.05, 0) is 19.1 Å². The molecule has 0 amide bonds. The third-order valence-electron chi connectivity index (χ3n) is 1.74. The number of nitrogens with zero attached hydrogens (tertiary/aromatic N) is 3. The molecule has 0 aliphatic carbocycles. The average Bonchev–Trinajstić information content (AvgIpc) is 2.16. The first-order valence-electron chi connectivity index (χ1n) is 3.94. The first kappa shape index (κ1) is 7.91. The van der Waals surface area contributed by atoms with E-state index in [0.29, 0.717) is 11.7 Å². The summed E-state index contributed by atoms with van der Waals surface area (Å²) in [6.07, 6.45) is 1.70. The van der Waals surface area contributed by atoms with E-state index in [4.69, 9.17) is 4.74 Å². The minimum atomic E-state index is 0.352. The Hall–Kier alpha value is -1.71. The SMILES string of the molecule is COc1ncc2ccc(C)nc2n1. The van der Waals surface area contributed by atoms with Crippen LogP contribution in [0.25, 0.3) is 11.0 Å². The van der Waals surface area contributed by atoms with Crippen LogP contribution in [-0.2, 0) is 0 Å². The fourth-order valence-corrected chi connectivity index (χ4v) is 1.09. The van der Waals surface area contributed by atoms with Gasteiger partial charge in [0.25, 0.3) is 0 Å². The van der Waals surface area contributed by atoms with Gasteiger partial charge in [0, 0.05) is 17.3 Å². The van der Waals surface area contributed by atoms with Gasteiger partial charge < -0.3 is 4.74 Å². The Kier molecular flexibility index (Phi) is 1.81. The van der Waals surface area contributed by atoms with Crippen LogP contribution < -0.4 is 4.74 Å². The predicted molar refractivity (Wildman–Crippen MR) is 48.6 cm³/mol. The monoisotopic (exact) mass is 175 g/mol. The van der Waals surface area contributed by atoms with Crippen LogP contribution in [0.15, 0.2) is 18.3 Å². The Bertz CT molecular complexity index is 442. The Labute approximate surface area is 75.6 Å². The largest absolute Gasteiger partial charge is 0.467 e. The van der Waals surface area contributed by atoms with Crippen molar-refractivity contribution in [3.8, 4) is 6.01 Å². The van der Waals surface area contributed by atoms with Crippen LogP contribution in [0.3, 0.4) is 0 Å². The fraction of sp³-hybridized carbons (Fsp3) is 0.222. The molecule has 13 heavy (non-hydrogen) atoms. The number of hydrogen-bond acceptors (Lipinski definition) is 4. The molecule has 2 heterocycles. The van der Waals surface area contributed by atoms with E-state index in [-0.39, 0.29) is 0 Å². The molecule has 0 bridgehead atoms. The molecule has 0 aliphatic rings. The van der Waals surface area contributed by atoms with Gasteiger partial charge in [0.15, 0.2) is 5.65 Å². The molecular formula is C9H9N3O. The second-order valence-corrected chi connectivity index (χ2v) is 2.72. The van der Waals surface area contributed by atoms with E-state index in [2.05, 4.69) is 15.0 Å². The second-order valence-electron chi connectivity index (χ2n) is 2.72. The number of rotatable bonds is 1. The minimum Gasteiger partial charge on any atom is -0.467 e. The molecule has 66 valence electrons. The van der Waals surface area contributed by atoms with Crippen molar-refractivity contribution in [1.82, 2.24) is 15.0 Å². The average molecular weight is 175 g/mol. The molecule has 0 aromatic carbocycles. The summed E-state index contributed by atoms with van der Waals surface area (Å²) in [5.41, 5.74) is 1.61. The summed E-state index contributed by atoms with van der Waals surface area (Å²) in [6, 6.07) is 4.22. The van der Waals surface area contributed by atoms with E-state index in [1.165, 1.54) is 7.11 Å². The summed E-state index contributed by atoms with van der Waals surface area (Å²) in [5.74, 6) is 0. The first-order valence-corrected chi connectivity index (χ1v) is 3.94. The first-order chi connectivity index (χ1) is 6.29. The maximum absolute atomic E-state index is 4.90. The molecular weight excluding hydrogens is 166 g/mol. The summed E-state index contributed by atoms with van der Waals surface area (Å²) in [6.45, 7) is 1.92. The van der Waals surface area contributed by atoms with Gasteiger partial charge in [0.2, 0.25) is 0 Å². The van der Waals surface area contributed by atoms with Gasteiger partial charge in [0.1, 0.15) is 0 Å². The summed E-state index contributed by atoms with van der Waals surface area (Å²) in [4.78, 5) is 12.3. The van der Waals surface area contributed by atoms with Gasteiger partial charge in [-0.1, -0.05) is 0 Å². The summed E-state index contributed by atoms with van der Waals surface area (Å²) < 4.78 is 4.90. The van der Waals surface area contributed by atoms with E-state index < -0.39 is 0 Å². The van der Waals surface area contributed by atoms with E-state index in [0.717, 1.165) is 11.1 Å². The zero-order valence-electron chi connectivity index (χ0n) is 7.48. The third-order valence-corrected chi connectivity index (χ3v) is 1.74. The molecule has 0 radical (unpaired) electrons. The number of aryl methyl sites for hydroxylation is 1. The maximum atomic E-state index is 4.90. The van der Waals surface area contributed by atoms with Crippen LogP contribution in [0.5, 0.6) is 6.01 Å². The number of pyridine rings is 1. The van der Waals surface area contributed by atoms with Crippen molar-refractivity contribution in [2.24, 2.45) is 0 Å². The normalized spacial score (nSPS) is 10.3. The molecule has 0 spiro atoms. The Morgan fingerprint density at radius 2 is 2.08 bits per heavy atom. The van der Waals surface area contributed by atoms with Crippen LogP contribution in [0.4, 0.5) is 0 Å². The summed E-state index contributed by atoms with van der Waals surface area (Å²) in [5, 5.41) is 0.923. The lowest BCUT2D eigenvalue weighted by molar-refractivity contribution is 0.381. The molecule has 2 rings (SSSR count). The highest BCUT2D eigenvalue weighted by molar-refractivity contribution is 5.73. The highest BCUT2D eigenvalue weighted by atomic mass is 16.5. The molecule has 0 N–H and O–H groups in total. The van der Waals surface area contributed by atoms with E-state index in [1.54, 1.807) is 6.20 Å². The lowest BCUT2D eigenvalue weighted by Crippen LogP contribution is -1.94. The second kappa shape index (κ2) is 2.97. The van der Waals surface area contributed by atoms with E-state index in [1.807, 2.05) is 19.1 Å². The smallest absolute Gasteiger partial charge is 0.318 e. The van der Waals surface area contributed by atoms with Crippen molar-refractivity contribution in [2.75, 3.05) is 7.11 Å².